The van der Waals surface area contributed by atoms with E-state index in [9.17, 15) is 13.2 Å². The number of carbonyl (C=O) groups excluding carboxylic acids is 1. The lowest BCUT2D eigenvalue weighted by Gasteiger charge is -2.05. The number of nitrogens with two attached hydrogens (primary N) is 1. The van der Waals surface area contributed by atoms with Crippen LogP contribution in [0.4, 0.5) is 0 Å². The molecule has 0 atom stereocenters. The molecule has 0 fully saturated rings. The molecule has 30 heavy (non-hydrogen) atoms. The van der Waals surface area contributed by atoms with Gasteiger partial charge in [-0.25, -0.2) is 18.5 Å². The van der Waals surface area contributed by atoms with Gasteiger partial charge in [-0.3, -0.25) is 4.79 Å². The average molecular weight is 448 g/mol. The van der Waals surface area contributed by atoms with Crippen molar-refractivity contribution in [2.75, 3.05) is 0 Å². The number of carbonyl (C=O) groups is 1. The van der Waals surface area contributed by atoms with Crippen molar-refractivity contribution >= 4 is 27.3 Å². The van der Waals surface area contributed by atoms with Crippen molar-refractivity contribution in [1.82, 2.24) is 10.3 Å². The van der Waals surface area contributed by atoms with E-state index in [1.807, 2.05) is 12.1 Å². The Balaban J connectivity index is 1.49. The summed E-state index contributed by atoms with van der Waals surface area (Å²) < 4.78 is 28.4. The highest BCUT2D eigenvalue weighted by atomic mass is 32.2. The van der Waals surface area contributed by atoms with E-state index in [1.165, 1.54) is 11.6 Å². The van der Waals surface area contributed by atoms with Crippen LogP contribution >= 0.6 is 11.3 Å². The molecule has 2 heterocycles. The fourth-order valence-electron chi connectivity index (χ4n) is 2.94. The Morgan fingerprint density at radius 3 is 2.57 bits per heavy atom. The maximum atomic E-state index is 12.1. The number of thiophene rings is 1. The molecule has 0 saturated heterocycles. The van der Waals surface area contributed by atoms with Gasteiger partial charge in [-0.1, -0.05) is 38.1 Å². The van der Waals surface area contributed by atoms with E-state index < -0.39 is 10.0 Å². The summed E-state index contributed by atoms with van der Waals surface area (Å²) in [7, 11) is -3.71. The van der Waals surface area contributed by atoms with Gasteiger partial charge >= 0.3 is 0 Å². The molecule has 0 aliphatic rings. The van der Waals surface area contributed by atoms with E-state index in [1.54, 1.807) is 12.3 Å². The molecule has 0 aliphatic heterocycles. The van der Waals surface area contributed by atoms with E-state index in [0.717, 1.165) is 23.3 Å². The van der Waals surface area contributed by atoms with Gasteiger partial charge in [0.05, 0.1) is 12.7 Å². The lowest BCUT2D eigenvalue weighted by molar-refractivity contribution is -0.121. The minimum Gasteiger partial charge on any atom is -0.441 e. The van der Waals surface area contributed by atoms with Gasteiger partial charge < -0.3 is 9.73 Å². The number of primary sulfonamides is 1. The van der Waals surface area contributed by atoms with Crippen molar-refractivity contribution in [2.24, 2.45) is 11.1 Å². The van der Waals surface area contributed by atoms with E-state index in [4.69, 9.17) is 9.56 Å². The summed E-state index contributed by atoms with van der Waals surface area (Å²) >= 11 is 1.04. The molecule has 0 bridgehead atoms. The van der Waals surface area contributed by atoms with Crippen LogP contribution in [0, 0.1) is 5.92 Å². The summed E-state index contributed by atoms with van der Waals surface area (Å²) in [6.07, 6.45) is 3.31. The predicted octanol–water partition coefficient (Wildman–Crippen LogP) is 3.50. The third-order valence-electron chi connectivity index (χ3n) is 4.38. The van der Waals surface area contributed by atoms with Crippen molar-refractivity contribution in [3.05, 3.63) is 58.9 Å². The zero-order valence-corrected chi connectivity index (χ0v) is 18.6. The Morgan fingerprint density at radius 2 is 1.93 bits per heavy atom. The zero-order chi connectivity index (χ0) is 21.7. The van der Waals surface area contributed by atoms with Gasteiger partial charge in [-0.15, -0.1) is 11.3 Å². The summed E-state index contributed by atoms with van der Waals surface area (Å²) in [5.41, 5.74) is 2.24. The molecule has 0 aliphatic carbocycles. The Labute approximate surface area is 180 Å². The van der Waals surface area contributed by atoms with Gasteiger partial charge in [0.2, 0.25) is 15.9 Å². The first-order chi connectivity index (χ1) is 14.2. The lowest BCUT2D eigenvalue weighted by atomic mass is 10.0. The molecule has 7 nitrogen and oxygen atoms in total. The molecule has 1 amide bonds. The number of benzene rings is 1. The number of nitrogens with zero attached hydrogens (tertiary/aromatic N) is 1. The molecule has 0 saturated carbocycles. The third-order valence-corrected chi connectivity index (χ3v) is 6.90. The van der Waals surface area contributed by atoms with Crippen LogP contribution in [0.2, 0.25) is 0 Å². The molecule has 3 rings (SSSR count). The summed E-state index contributed by atoms with van der Waals surface area (Å²) in [6, 6.07) is 11.3. The number of aromatic nitrogens is 1. The number of hydrogen-bond donors (Lipinski definition) is 2. The van der Waals surface area contributed by atoms with Crippen LogP contribution in [0.15, 0.2) is 51.2 Å². The first-order valence-corrected chi connectivity index (χ1v) is 12.0. The quantitative estimate of drug-likeness (QED) is 0.521. The van der Waals surface area contributed by atoms with E-state index in [-0.39, 0.29) is 23.1 Å². The largest absolute Gasteiger partial charge is 0.441 e. The van der Waals surface area contributed by atoms with Crippen LogP contribution in [0.1, 0.15) is 36.6 Å². The van der Waals surface area contributed by atoms with Crippen molar-refractivity contribution in [3.8, 4) is 11.3 Å². The maximum Gasteiger partial charge on any atom is 0.247 e. The molecule has 1 aromatic carbocycles. The minimum absolute atomic E-state index is 0.0799. The van der Waals surface area contributed by atoms with Crippen molar-refractivity contribution in [2.45, 2.75) is 43.9 Å². The van der Waals surface area contributed by atoms with Gasteiger partial charge in [-0.2, -0.15) is 0 Å². The second kappa shape index (κ2) is 9.55. The number of amides is 1. The van der Waals surface area contributed by atoms with Gasteiger partial charge in [0, 0.05) is 23.3 Å². The molecule has 3 aromatic rings. The third kappa shape index (κ3) is 6.25. The summed E-state index contributed by atoms with van der Waals surface area (Å²) in [5, 5.41) is 7.85. The lowest BCUT2D eigenvalue weighted by Crippen LogP contribution is -2.22. The minimum atomic E-state index is -3.71. The highest BCUT2D eigenvalue weighted by Gasteiger charge is 2.13. The first kappa shape index (κ1) is 22.2. The average Bonchev–Trinajstić information content (AvgIpc) is 3.34. The standard InChI is InChI=1S/C21H25N3O4S2/c1-14(2)11-15-3-5-16(6-4-15)18-13-24-20(28-18)9-8-19(25)23-12-17-7-10-21(29-17)30(22,26)27/h3-7,10,13-14H,8-9,11-12H2,1-2H3,(H,23,25)(H2,22,26,27). The fraction of sp³-hybridized carbons (Fsp3) is 0.333. The van der Waals surface area contributed by atoms with Crippen molar-refractivity contribution < 1.29 is 17.6 Å². The molecule has 9 heteroatoms. The number of nitrogens with one attached hydrogen (secondary N) is 1. The summed E-state index contributed by atoms with van der Waals surface area (Å²) in [6.45, 7) is 4.63. The van der Waals surface area contributed by atoms with E-state index in [2.05, 4.69) is 36.3 Å². The topological polar surface area (TPSA) is 115 Å². The van der Waals surface area contributed by atoms with Gasteiger partial charge in [0.15, 0.2) is 11.7 Å². The maximum absolute atomic E-state index is 12.1. The number of oxazole rings is 1. The Bertz CT molecular complexity index is 1100. The zero-order valence-electron chi connectivity index (χ0n) is 16.9. The number of rotatable bonds is 9. The Morgan fingerprint density at radius 1 is 1.20 bits per heavy atom. The van der Waals surface area contributed by atoms with Crippen LogP contribution in [0.5, 0.6) is 0 Å². The van der Waals surface area contributed by atoms with Gasteiger partial charge in [0.25, 0.3) is 0 Å². The van der Waals surface area contributed by atoms with Gasteiger partial charge in [-0.05, 0) is 30.0 Å². The Hall–Kier alpha value is -2.49. The smallest absolute Gasteiger partial charge is 0.247 e. The number of sulfonamides is 1. The molecule has 2 aromatic heterocycles. The van der Waals surface area contributed by atoms with Crippen LogP contribution in [0.25, 0.3) is 11.3 Å². The van der Waals surface area contributed by atoms with Crippen LogP contribution in [0.3, 0.4) is 0 Å². The van der Waals surface area contributed by atoms with E-state index >= 15 is 0 Å². The number of aryl methyl sites for hydroxylation is 1. The highest BCUT2D eigenvalue weighted by molar-refractivity contribution is 7.91. The van der Waals surface area contributed by atoms with Crippen molar-refractivity contribution in [3.63, 3.8) is 0 Å². The Kier molecular flexibility index (Phi) is 7.06. The predicted molar refractivity (Wildman–Crippen MR) is 116 cm³/mol. The summed E-state index contributed by atoms with van der Waals surface area (Å²) in [5.74, 6) is 1.61. The fourth-order valence-corrected chi connectivity index (χ4v) is 4.65. The van der Waals surface area contributed by atoms with Crippen molar-refractivity contribution in [1.29, 1.82) is 0 Å². The van der Waals surface area contributed by atoms with E-state index in [0.29, 0.717) is 28.9 Å². The first-order valence-electron chi connectivity index (χ1n) is 9.63. The SMILES string of the molecule is CC(C)Cc1ccc(-c2cnc(CCC(=O)NCc3ccc(S(N)(=O)=O)s3)o2)cc1. The monoisotopic (exact) mass is 447 g/mol. The highest BCUT2D eigenvalue weighted by Crippen LogP contribution is 2.23. The molecular formula is C21H25N3O4S2. The van der Waals surface area contributed by atoms with Crippen LogP contribution in [-0.4, -0.2) is 19.3 Å². The second-order valence-corrected chi connectivity index (χ2v) is 10.4. The molecule has 3 N–H and O–H groups in total. The van der Waals surface area contributed by atoms with Crippen LogP contribution < -0.4 is 10.5 Å². The second-order valence-electron chi connectivity index (χ2n) is 7.46. The molecule has 160 valence electrons. The molecule has 0 unspecified atom stereocenters. The van der Waals surface area contributed by atoms with Gasteiger partial charge in [0.1, 0.15) is 4.21 Å². The molecular weight excluding hydrogens is 422 g/mol. The van der Waals surface area contributed by atoms with Crippen LogP contribution in [-0.2, 0) is 34.2 Å². The molecule has 0 spiro atoms. The molecule has 0 radical (unpaired) electrons. The number of hydrogen-bond acceptors (Lipinski definition) is 6. The normalized spacial score (nSPS) is 11.7. The summed E-state index contributed by atoms with van der Waals surface area (Å²) in [4.78, 5) is 17.1.